The van der Waals surface area contributed by atoms with Crippen LogP contribution in [0.2, 0.25) is 0 Å². The highest BCUT2D eigenvalue weighted by Gasteiger charge is 2.21. The number of carbonyl (C=O) groups excluding carboxylic acids is 1. The van der Waals surface area contributed by atoms with E-state index in [1.54, 1.807) is 42.5 Å². The number of anilines is 1. The van der Waals surface area contributed by atoms with Crippen LogP contribution in [0.3, 0.4) is 0 Å². The second-order valence-electron chi connectivity index (χ2n) is 5.76. The largest absolute Gasteiger partial charge is 0.345 e. The third kappa shape index (κ3) is 3.91. The molecule has 1 aliphatic rings. The summed E-state index contributed by atoms with van der Waals surface area (Å²) in [6.07, 6.45) is 2.04. The lowest BCUT2D eigenvalue weighted by Gasteiger charge is -2.30. The molecule has 0 unspecified atom stereocenters. The van der Waals surface area contributed by atoms with Crippen LogP contribution in [0.5, 0.6) is 0 Å². The van der Waals surface area contributed by atoms with Gasteiger partial charge in [0.05, 0.1) is 0 Å². The number of nitrogens with zero attached hydrogens (tertiary/aromatic N) is 4. The quantitative estimate of drug-likeness (QED) is 0.863. The summed E-state index contributed by atoms with van der Waals surface area (Å²) >= 11 is 0. The Kier molecular flexibility index (Phi) is 5.55. The Balaban J connectivity index is 2.10. The molecule has 0 atom stereocenters. The Morgan fingerprint density at radius 2 is 1.67 bits per heavy atom. The van der Waals surface area contributed by atoms with Gasteiger partial charge < -0.3 is 10.2 Å². The first-order valence-electron chi connectivity index (χ1n) is 7.70. The number of hydrogen-bond donors (Lipinski definition) is 1. The molecule has 1 heterocycles. The van der Waals surface area contributed by atoms with Gasteiger partial charge in [0.2, 0.25) is 0 Å². The van der Waals surface area contributed by atoms with Gasteiger partial charge in [0.1, 0.15) is 23.9 Å². The van der Waals surface area contributed by atoms with Gasteiger partial charge in [-0.2, -0.15) is 15.8 Å². The van der Waals surface area contributed by atoms with Crippen LogP contribution < -0.4 is 5.32 Å². The van der Waals surface area contributed by atoms with Crippen LogP contribution in [0.15, 0.2) is 35.5 Å². The van der Waals surface area contributed by atoms with Crippen molar-refractivity contribution in [1.29, 1.82) is 15.8 Å². The number of nitrogens with one attached hydrogen (secondary N) is 1. The summed E-state index contributed by atoms with van der Waals surface area (Å²) in [7, 11) is 0. The van der Waals surface area contributed by atoms with Crippen LogP contribution in [0.1, 0.15) is 30.1 Å². The van der Waals surface area contributed by atoms with Gasteiger partial charge in [0.25, 0.3) is 5.91 Å². The van der Waals surface area contributed by atoms with Crippen molar-refractivity contribution in [3.8, 4) is 18.2 Å². The predicted molar refractivity (Wildman–Crippen MR) is 88.2 cm³/mol. The van der Waals surface area contributed by atoms with E-state index in [4.69, 9.17) is 15.8 Å². The van der Waals surface area contributed by atoms with Crippen molar-refractivity contribution < 1.29 is 4.79 Å². The minimum absolute atomic E-state index is 0.000706. The summed E-state index contributed by atoms with van der Waals surface area (Å²) in [5.74, 6) is 0.658. The van der Waals surface area contributed by atoms with Crippen molar-refractivity contribution in [2.45, 2.75) is 19.8 Å². The van der Waals surface area contributed by atoms with Crippen LogP contribution in [0.25, 0.3) is 0 Å². The zero-order valence-corrected chi connectivity index (χ0v) is 13.4. The van der Waals surface area contributed by atoms with Crippen molar-refractivity contribution in [3.05, 3.63) is 41.1 Å². The standard InChI is InChI=1S/C18H17N5O/c1-13-6-8-23(9-7-13)18(24)14-2-4-16(5-3-14)22-17(12-21)15(10-19)11-20/h2-5,13,22H,6-9H2,1H3. The molecule has 24 heavy (non-hydrogen) atoms. The molecule has 0 aromatic heterocycles. The number of benzene rings is 1. The van der Waals surface area contributed by atoms with Gasteiger partial charge in [0, 0.05) is 24.3 Å². The molecule has 0 aliphatic carbocycles. The first-order valence-corrected chi connectivity index (χ1v) is 7.70. The van der Waals surface area contributed by atoms with Crippen molar-refractivity contribution >= 4 is 11.6 Å². The average Bonchev–Trinajstić information content (AvgIpc) is 2.62. The molecule has 0 radical (unpaired) electrons. The number of likely N-dealkylation sites (tertiary alicyclic amines) is 1. The third-order valence-electron chi connectivity index (χ3n) is 4.06. The number of hydrogen-bond acceptors (Lipinski definition) is 5. The van der Waals surface area contributed by atoms with E-state index in [-0.39, 0.29) is 17.2 Å². The maximum atomic E-state index is 12.5. The van der Waals surface area contributed by atoms with Gasteiger partial charge >= 0.3 is 0 Å². The van der Waals surface area contributed by atoms with Gasteiger partial charge in [-0.1, -0.05) is 6.92 Å². The molecule has 0 bridgehead atoms. The van der Waals surface area contributed by atoms with E-state index in [1.807, 2.05) is 4.90 Å². The predicted octanol–water partition coefficient (Wildman–Crippen LogP) is 2.80. The van der Waals surface area contributed by atoms with E-state index in [9.17, 15) is 4.79 Å². The highest BCUT2D eigenvalue weighted by atomic mass is 16.2. The Labute approximate surface area is 141 Å². The molecule has 6 heteroatoms. The normalized spacial score (nSPS) is 14.0. The van der Waals surface area contributed by atoms with Crippen LogP contribution >= 0.6 is 0 Å². The van der Waals surface area contributed by atoms with Gasteiger partial charge in [0.15, 0.2) is 5.57 Å². The Bertz CT molecular complexity index is 750. The lowest BCUT2D eigenvalue weighted by atomic mass is 9.98. The summed E-state index contributed by atoms with van der Waals surface area (Å²) in [6, 6.07) is 11.8. The fraction of sp³-hybridized carbons (Fsp3) is 0.333. The van der Waals surface area contributed by atoms with Gasteiger partial charge in [-0.15, -0.1) is 0 Å². The van der Waals surface area contributed by atoms with Gasteiger partial charge in [-0.25, -0.2) is 0 Å². The molecule has 2 rings (SSSR count). The minimum atomic E-state index is -0.278. The van der Waals surface area contributed by atoms with Crippen LogP contribution in [-0.2, 0) is 0 Å². The molecule has 120 valence electrons. The second kappa shape index (κ2) is 7.81. The van der Waals surface area contributed by atoms with Crippen LogP contribution in [0, 0.1) is 39.9 Å². The second-order valence-corrected chi connectivity index (χ2v) is 5.76. The lowest BCUT2D eigenvalue weighted by Crippen LogP contribution is -2.37. The van der Waals surface area contributed by atoms with Gasteiger partial charge in [-0.05, 0) is 43.0 Å². The van der Waals surface area contributed by atoms with E-state index >= 15 is 0 Å². The van der Waals surface area contributed by atoms with E-state index in [2.05, 4.69) is 12.2 Å². The van der Waals surface area contributed by atoms with Crippen LogP contribution in [-0.4, -0.2) is 23.9 Å². The molecule has 1 aromatic carbocycles. The number of carbonyl (C=O) groups is 1. The number of nitriles is 3. The van der Waals surface area contributed by atoms with E-state index in [0.29, 0.717) is 17.2 Å². The monoisotopic (exact) mass is 319 g/mol. The van der Waals surface area contributed by atoms with Gasteiger partial charge in [-0.3, -0.25) is 4.79 Å². The molecule has 0 spiro atoms. The number of rotatable bonds is 3. The highest BCUT2D eigenvalue weighted by molar-refractivity contribution is 5.94. The molecule has 0 saturated carbocycles. The summed E-state index contributed by atoms with van der Waals surface area (Å²) in [4.78, 5) is 14.3. The minimum Gasteiger partial charge on any atom is -0.345 e. The molecular weight excluding hydrogens is 302 g/mol. The van der Waals surface area contributed by atoms with E-state index in [1.165, 1.54) is 0 Å². The number of piperidine rings is 1. The number of allylic oxidation sites excluding steroid dienone is 2. The Morgan fingerprint density at radius 1 is 1.08 bits per heavy atom. The molecule has 1 aromatic rings. The van der Waals surface area contributed by atoms with Crippen molar-refractivity contribution in [1.82, 2.24) is 4.90 Å². The fourth-order valence-corrected chi connectivity index (χ4v) is 2.52. The first-order chi connectivity index (χ1) is 11.6. The molecule has 1 saturated heterocycles. The maximum Gasteiger partial charge on any atom is 0.253 e. The Morgan fingerprint density at radius 3 is 2.17 bits per heavy atom. The molecule has 1 N–H and O–H groups in total. The van der Waals surface area contributed by atoms with Crippen molar-refractivity contribution in [2.75, 3.05) is 18.4 Å². The molecule has 6 nitrogen and oxygen atoms in total. The first kappa shape index (κ1) is 17.1. The summed E-state index contributed by atoms with van der Waals surface area (Å²) in [6.45, 7) is 3.74. The third-order valence-corrected chi connectivity index (χ3v) is 4.06. The average molecular weight is 319 g/mol. The van der Waals surface area contributed by atoms with Crippen LogP contribution in [0.4, 0.5) is 5.69 Å². The zero-order valence-electron chi connectivity index (χ0n) is 13.4. The molecule has 1 fully saturated rings. The van der Waals surface area contributed by atoms with E-state index in [0.717, 1.165) is 25.9 Å². The molecule has 1 aliphatic heterocycles. The van der Waals surface area contributed by atoms with Crippen molar-refractivity contribution in [2.24, 2.45) is 5.92 Å². The fourth-order valence-electron chi connectivity index (χ4n) is 2.52. The number of amides is 1. The van der Waals surface area contributed by atoms with Crippen molar-refractivity contribution in [3.63, 3.8) is 0 Å². The smallest absolute Gasteiger partial charge is 0.253 e. The highest BCUT2D eigenvalue weighted by Crippen LogP contribution is 2.19. The lowest BCUT2D eigenvalue weighted by molar-refractivity contribution is 0.0697. The molecule has 1 amide bonds. The van der Waals surface area contributed by atoms with E-state index < -0.39 is 0 Å². The topological polar surface area (TPSA) is 104 Å². The SMILES string of the molecule is CC1CCN(C(=O)c2ccc(NC(C#N)=C(C#N)C#N)cc2)CC1. The molecular formula is C18H17N5O. The maximum absolute atomic E-state index is 12.5. The zero-order chi connectivity index (χ0) is 17.5. The summed E-state index contributed by atoms with van der Waals surface area (Å²) < 4.78 is 0. The summed E-state index contributed by atoms with van der Waals surface area (Å²) in [5.41, 5.74) is 0.737. The Hall–Kier alpha value is -3.30. The summed E-state index contributed by atoms with van der Waals surface area (Å²) in [5, 5.41) is 29.4.